The summed E-state index contributed by atoms with van der Waals surface area (Å²) in [5, 5.41) is 18.1. The number of hydrogen-bond donors (Lipinski definition) is 2. The van der Waals surface area contributed by atoms with E-state index in [9.17, 15) is 23.1 Å². The highest BCUT2D eigenvalue weighted by molar-refractivity contribution is 7.91. The lowest BCUT2D eigenvalue weighted by molar-refractivity contribution is 0.0599. The molecule has 2 aliphatic rings. The number of aryl methyl sites for hydroxylation is 2. The number of nitrogens with one attached hydrogen (secondary N) is 1. The number of aromatic hydroxyl groups is 1. The van der Waals surface area contributed by atoms with E-state index in [4.69, 9.17) is 4.74 Å². The average Bonchev–Trinajstić information content (AvgIpc) is 3.49. The number of amides is 1. The molecule has 0 saturated carbocycles. The van der Waals surface area contributed by atoms with Crippen molar-refractivity contribution in [3.8, 4) is 17.0 Å². The summed E-state index contributed by atoms with van der Waals surface area (Å²) >= 11 is 0. The van der Waals surface area contributed by atoms with Crippen molar-refractivity contribution in [2.24, 2.45) is 0 Å². The Bertz CT molecular complexity index is 1460. The molecule has 1 fully saturated rings. The third-order valence-electron chi connectivity index (χ3n) is 6.75. The Morgan fingerprint density at radius 2 is 1.91 bits per heavy atom. The molecule has 2 N–H and O–H groups in total. The molecule has 3 aromatic rings. The minimum absolute atomic E-state index is 0.0202. The Balaban J connectivity index is 1.69. The largest absolute Gasteiger partial charge is 0.507 e. The smallest absolute Gasteiger partial charge is 0.337 e. The number of esters is 1. The minimum Gasteiger partial charge on any atom is -0.507 e. The molecule has 1 aromatic heterocycles. The molecule has 2 atom stereocenters. The van der Waals surface area contributed by atoms with Crippen molar-refractivity contribution in [1.82, 2.24) is 15.1 Å². The SMILES string of the molecule is COC(=O)c1ccc(C2c3c(-c4cc(C)cc(C)c4O)n[nH]c3C(=O)N2C2CCS(=O)(=O)C2)cc1. The molecule has 0 aliphatic carbocycles. The maximum Gasteiger partial charge on any atom is 0.337 e. The van der Waals surface area contributed by atoms with Crippen molar-refractivity contribution in [2.75, 3.05) is 18.6 Å². The van der Waals surface area contributed by atoms with Gasteiger partial charge < -0.3 is 14.7 Å². The summed E-state index contributed by atoms with van der Waals surface area (Å²) in [6.45, 7) is 3.70. The zero-order chi connectivity index (χ0) is 25.1. The van der Waals surface area contributed by atoms with Gasteiger partial charge in [-0.15, -0.1) is 0 Å². The maximum absolute atomic E-state index is 13.6. The highest BCUT2D eigenvalue weighted by Gasteiger charge is 2.48. The number of phenolic OH excluding ortho intramolecular Hbond substituents is 1. The van der Waals surface area contributed by atoms with Crippen LogP contribution in [0.1, 0.15) is 55.6 Å². The second-order valence-electron chi connectivity index (χ2n) is 9.12. The molecule has 2 unspecified atom stereocenters. The van der Waals surface area contributed by atoms with Gasteiger partial charge in [-0.1, -0.05) is 18.2 Å². The Kier molecular flexibility index (Phi) is 5.43. The average molecular weight is 496 g/mol. The molecule has 0 spiro atoms. The molecular formula is C25H25N3O6S. The zero-order valence-corrected chi connectivity index (χ0v) is 20.3. The third kappa shape index (κ3) is 3.78. The third-order valence-corrected chi connectivity index (χ3v) is 8.50. The lowest BCUT2D eigenvalue weighted by Crippen LogP contribution is -2.40. The maximum atomic E-state index is 13.6. The van der Waals surface area contributed by atoms with Gasteiger partial charge in [-0.25, -0.2) is 13.2 Å². The molecule has 3 heterocycles. The Morgan fingerprint density at radius 1 is 1.20 bits per heavy atom. The van der Waals surface area contributed by atoms with Gasteiger partial charge in [-0.2, -0.15) is 5.10 Å². The first-order valence-corrected chi connectivity index (χ1v) is 13.0. The summed E-state index contributed by atoms with van der Waals surface area (Å²) in [6, 6.07) is 9.21. The molecule has 0 bridgehead atoms. The molecule has 1 amide bonds. The quantitative estimate of drug-likeness (QED) is 0.532. The number of aromatic amines is 1. The van der Waals surface area contributed by atoms with E-state index >= 15 is 0 Å². The number of ether oxygens (including phenoxy) is 1. The van der Waals surface area contributed by atoms with Gasteiger partial charge in [0.05, 0.1) is 30.2 Å². The summed E-state index contributed by atoms with van der Waals surface area (Å²) in [5.41, 5.74) is 4.42. The van der Waals surface area contributed by atoms with Gasteiger partial charge in [0.1, 0.15) is 17.1 Å². The summed E-state index contributed by atoms with van der Waals surface area (Å²) in [7, 11) is -1.95. The van der Waals surface area contributed by atoms with Crippen LogP contribution in [-0.4, -0.2) is 65.2 Å². The molecule has 5 rings (SSSR count). The number of phenols is 1. The van der Waals surface area contributed by atoms with Gasteiger partial charge in [0.15, 0.2) is 9.84 Å². The van der Waals surface area contributed by atoms with Gasteiger partial charge in [0, 0.05) is 17.2 Å². The van der Waals surface area contributed by atoms with Crippen molar-refractivity contribution in [2.45, 2.75) is 32.4 Å². The van der Waals surface area contributed by atoms with Gasteiger partial charge in [0.25, 0.3) is 5.91 Å². The van der Waals surface area contributed by atoms with Crippen LogP contribution in [0.3, 0.4) is 0 Å². The van der Waals surface area contributed by atoms with Gasteiger partial charge in [-0.3, -0.25) is 9.89 Å². The van der Waals surface area contributed by atoms with Crippen LogP contribution in [0.5, 0.6) is 5.75 Å². The summed E-state index contributed by atoms with van der Waals surface area (Å²) < 4.78 is 29.3. The van der Waals surface area contributed by atoms with Crippen LogP contribution < -0.4 is 0 Å². The van der Waals surface area contributed by atoms with Gasteiger partial charge in [-0.05, 0) is 55.2 Å². The van der Waals surface area contributed by atoms with E-state index in [0.717, 1.165) is 5.56 Å². The number of nitrogens with zero attached hydrogens (tertiary/aromatic N) is 2. The van der Waals surface area contributed by atoms with Crippen LogP contribution in [0.15, 0.2) is 36.4 Å². The number of hydrogen-bond acceptors (Lipinski definition) is 7. The normalized spacial score (nSPS) is 20.8. The van der Waals surface area contributed by atoms with Crippen molar-refractivity contribution < 1.29 is 27.9 Å². The van der Waals surface area contributed by atoms with Crippen LogP contribution >= 0.6 is 0 Å². The predicted molar refractivity (Wildman–Crippen MR) is 128 cm³/mol. The number of aromatic nitrogens is 2. The Morgan fingerprint density at radius 3 is 2.54 bits per heavy atom. The lowest BCUT2D eigenvalue weighted by Gasteiger charge is -2.31. The number of carbonyl (C=O) groups is 2. The van der Waals surface area contributed by atoms with Crippen molar-refractivity contribution in [1.29, 1.82) is 0 Å². The van der Waals surface area contributed by atoms with Gasteiger partial charge >= 0.3 is 5.97 Å². The highest BCUT2D eigenvalue weighted by atomic mass is 32.2. The first-order valence-electron chi connectivity index (χ1n) is 11.2. The standard InChI is InChI=1S/C25H25N3O6S/c1-13-10-14(2)23(29)18(11-13)20-19-21(27-26-20)24(30)28(17-8-9-35(32,33)12-17)22(19)15-4-6-16(7-5-15)25(31)34-3/h4-7,10-11,17,22,29H,8-9,12H2,1-3H3,(H,26,27). The van der Waals surface area contributed by atoms with E-state index in [2.05, 4.69) is 10.2 Å². The van der Waals surface area contributed by atoms with E-state index < -0.39 is 27.9 Å². The lowest BCUT2D eigenvalue weighted by atomic mass is 9.93. The van der Waals surface area contributed by atoms with E-state index in [0.29, 0.717) is 39.9 Å². The van der Waals surface area contributed by atoms with E-state index in [1.807, 2.05) is 19.1 Å². The molecule has 9 nitrogen and oxygen atoms in total. The number of rotatable bonds is 4. The Hall–Kier alpha value is -3.66. The number of methoxy groups -OCH3 is 1. The van der Waals surface area contributed by atoms with Gasteiger partial charge in [0.2, 0.25) is 0 Å². The van der Waals surface area contributed by atoms with E-state index in [1.165, 1.54) is 7.11 Å². The van der Waals surface area contributed by atoms with Crippen LogP contribution in [-0.2, 0) is 14.6 Å². The molecular weight excluding hydrogens is 470 g/mol. The molecule has 0 radical (unpaired) electrons. The fourth-order valence-electron chi connectivity index (χ4n) is 5.13. The summed E-state index contributed by atoms with van der Waals surface area (Å²) in [4.78, 5) is 27.1. The monoisotopic (exact) mass is 495 g/mol. The molecule has 182 valence electrons. The van der Waals surface area contributed by atoms with Crippen LogP contribution in [0.2, 0.25) is 0 Å². The highest BCUT2D eigenvalue weighted by Crippen LogP contribution is 2.47. The van der Waals surface area contributed by atoms with E-state index in [1.54, 1.807) is 36.1 Å². The fraction of sp³-hybridized carbons (Fsp3) is 0.320. The molecule has 1 saturated heterocycles. The number of carbonyl (C=O) groups excluding carboxylic acids is 2. The second kappa shape index (κ2) is 8.23. The number of H-pyrrole nitrogens is 1. The summed E-state index contributed by atoms with van der Waals surface area (Å²) in [6.07, 6.45) is 0.340. The van der Waals surface area contributed by atoms with E-state index in [-0.39, 0.29) is 28.9 Å². The van der Waals surface area contributed by atoms with Crippen molar-refractivity contribution >= 4 is 21.7 Å². The predicted octanol–water partition coefficient (Wildman–Crippen LogP) is 2.92. The van der Waals surface area contributed by atoms with Crippen molar-refractivity contribution in [3.05, 3.63) is 69.9 Å². The minimum atomic E-state index is -3.25. The first kappa shape index (κ1) is 23.1. The van der Waals surface area contributed by atoms with Crippen molar-refractivity contribution in [3.63, 3.8) is 0 Å². The molecule has 2 aromatic carbocycles. The molecule has 2 aliphatic heterocycles. The number of fused-ring (bicyclic) bond motifs is 1. The van der Waals surface area contributed by atoms with Crippen LogP contribution in [0.4, 0.5) is 0 Å². The fourth-order valence-corrected chi connectivity index (χ4v) is 6.84. The van der Waals surface area contributed by atoms with Crippen LogP contribution in [0.25, 0.3) is 11.3 Å². The summed E-state index contributed by atoms with van der Waals surface area (Å²) in [5.74, 6) is -0.850. The molecule has 35 heavy (non-hydrogen) atoms. The second-order valence-corrected chi connectivity index (χ2v) is 11.4. The topological polar surface area (TPSA) is 130 Å². The first-order chi connectivity index (χ1) is 16.6. The zero-order valence-electron chi connectivity index (χ0n) is 19.5. The Labute approximate surface area is 202 Å². The molecule has 10 heteroatoms. The number of sulfone groups is 1. The number of benzene rings is 2. The van der Waals surface area contributed by atoms with Crippen LogP contribution in [0, 0.1) is 13.8 Å².